The highest BCUT2D eigenvalue weighted by molar-refractivity contribution is 9.10. The number of ketones is 1. The number of rotatable bonds is 2. The maximum Gasteiger partial charge on any atom is 0.203 e. The first-order valence-electron chi connectivity index (χ1n) is 5.37. The lowest BCUT2D eigenvalue weighted by Gasteiger charge is -2.05. The van der Waals surface area contributed by atoms with Crippen molar-refractivity contribution in [1.29, 1.82) is 0 Å². The van der Waals surface area contributed by atoms with Gasteiger partial charge in [0.1, 0.15) is 0 Å². The van der Waals surface area contributed by atoms with Crippen LogP contribution in [0, 0.1) is 20.8 Å². The van der Waals surface area contributed by atoms with Gasteiger partial charge in [0.2, 0.25) is 5.78 Å². The van der Waals surface area contributed by atoms with E-state index in [1.54, 1.807) is 11.3 Å². The molecule has 0 radical (unpaired) electrons. The summed E-state index contributed by atoms with van der Waals surface area (Å²) in [5, 5.41) is 0. The molecule has 0 bridgehead atoms. The van der Waals surface area contributed by atoms with Crippen LogP contribution in [0.5, 0.6) is 0 Å². The summed E-state index contributed by atoms with van der Waals surface area (Å²) in [5.74, 6) is 0.124. The molecule has 1 aromatic heterocycles. The third-order valence-corrected chi connectivity index (χ3v) is 4.77. The van der Waals surface area contributed by atoms with Crippen LogP contribution in [-0.2, 0) is 0 Å². The van der Waals surface area contributed by atoms with Crippen LogP contribution < -0.4 is 0 Å². The highest BCUT2D eigenvalue weighted by Gasteiger charge is 2.17. The van der Waals surface area contributed by atoms with Gasteiger partial charge in [-0.15, -0.1) is 11.3 Å². The van der Waals surface area contributed by atoms with Gasteiger partial charge in [-0.2, -0.15) is 0 Å². The van der Waals surface area contributed by atoms with E-state index in [-0.39, 0.29) is 5.78 Å². The van der Waals surface area contributed by atoms with Crippen LogP contribution in [0.25, 0.3) is 0 Å². The van der Waals surface area contributed by atoms with E-state index in [2.05, 4.69) is 22.0 Å². The van der Waals surface area contributed by atoms with E-state index >= 15 is 0 Å². The Hall–Kier alpha value is -0.930. The van der Waals surface area contributed by atoms with Crippen LogP contribution in [-0.4, -0.2) is 5.78 Å². The summed E-state index contributed by atoms with van der Waals surface area (Å²) in [6, 6.07) is 7.81. The summed E-state index contributed by atoms with van der Waals surface area (Å²) in [7, 11) is 0. The van der Waals surface area contributed by atoms with Crippen LogP contribution >= 0.6 is 27.3 Å². The molecule has 0 fully saturated rings. The molecular formula is C14H13BrOS. The number of carbonyl (C=O) groups excluding carboxylic acids is 1. The van der Waals surface area contributed by atoms with E-state index in [4.69, 9.17) is 0 Å². The Morgan fingerprint density at radius 1 is 1.24 bits per heavy atom. The predicted molar refractivity (Wildman–Crippen MR) is 76.1 cm³/mol. The normalized spacial score (nSPS) is 10.6. The molecule has 17 heavy (non-hydrogen) atoms. The van der Waals surface area contributed by atoms with Gasteiger partial charge in [-0.3, -0.25) is 4.79 Å². The minimum atomic E-state index is 0.124. The van der Waals surface area contributed by atoms with E-state index in [0.29, 0.717) is 0 Å². The van der Waals surface area contributed by atoms with Crippen LogP contribution in [0.1, 0.15) is 31.2 Å². The molecule has 0 amide bonds. The van der Waals surface area contributed by atoms with Gasteiger partial charge in [-0.05, 0) is 44.0 Å². The van der Waals surface area contributed by atoms with Crippen molar-refractivity contribution in [3.63, 3.8) is 0 Å². The highest BCUT2D eigenvalue weighted by atomic mass is 79.9. The van der Waals surface area contributed by atoms with E-state index in [1.165, 1.54) is 4.88 Å². The summed E-state index contributed by atoms with van der Waals surface area (Å²) in [4.78, 5) is 14.5. The van der Waals surface area contributed by atoms with Gasteiger partial charge in [-0.25, -0.2) is 0 Å². The lowest BCUT2D eigenvalue weighted by atomic mass is 10.0. The third-order valence-electron chi connectivity index (χ3n) is 2.76. The third kappa shape index (κ3) is 2.35. The van der Waals surface area contributed by atoms with E-state index in [9.17, 15) is 4.79 Å². The molecule has 88 valence electrons. The van der Waals surface area contributed by atoms with E-state index < -0.39 is 0 Å². The van der Waals surface area contributed by atoms with Gasteiger partial charge in [0.15, 0.2) is 0 Å². The molecule has 3 heteroatoms. The maximum absolute atomic E-state index is 12.4. The molecule has 2 aromatic rings. The van der Waals surface area contributed by atoms with Crippen LogP contribution in [0.3, 0.4) is 0 Å². The van der Waals surface area contributed by atoms with E-state index in [1.807, 2.05) is 39.0 Å². The molecule has 0 saturated carbocycles. The lowest BCUT2D eigenvalue weighted by Crippen LogP contribution is -2.03. The number of halogens is 1. The zero-order valence-corrected chi connectivity index (χ0v) is 12.4. The molecule has 0 aliphatic heterocycles. The predicted octanol–water partition coefficient (Wildman–Crippen LogP) is 4.67. The molecule has 0 N–H and O–H groups in total. The van der Waals surface area contributed by atoms with E-state index in [0.717, 1.165) is 26.0 Å². The van der Waals surface area contributed by atoms with Crippen LogP contribution in [0.15, 0.2) is 28.7 Å². The maximum atomic E-state index is 12.4. The standard InChI is InChI=1S/C14H13BrOS/c1-8-7-9(2)17-14(8)13(16)11-5-4-6-12(15)10(11)3/h4-7H,1-3H3. The van der Waals surface area contributed by atoms with Crippen molar-refractivity contribution in [2.45, 2.75) is 20.8 Å². The molecule has 0 saturated heterocycles. The van der Waals surface area contributed by atoms with Crippen molar-refractivity contribution in [2.24, 2.45) is 0 Å². The summed E-state index contributed by atoms with van der Waals surface area (Å²) < 4.78 is 0.981. The largest absolute Gasteiger partial charge is 0.288 e. The fourth-order valence-corrected chi connectivity index (χ4v) is 3.19. The molecule has 1 aromatic carbocycles. The Morgan fingerprint density at radius 2 is 1.94 bits per heavy atom. The number of benzene rings is 1. The van der Waals surface area contributed by atoms with Gasteiger partial charge in [-0.1, -0.05) is 28.1 Å². The summed E-state index contributed by atoms with van der Waals surface area (Å²) >= 11 is 5.03. The Labute approximate surface area is 114 Å². The number of aryl methyl sites for hydroxylation is 2. The van der Waals surface area contributed by atoms with Gasteiger partial charge in [0.05, 0.1) is 4.88 Å². The van der Waals surface area contributed by atoms with Crippen molar-refractivity contribution in [3.05, 3.63) is 55.2 Å². The van der Waals surface area contributed by atoms with Crippen molar-refractivity contribution >= 4 is 33.0 Å². The summed E-state index contributed by atoms with van der Waals surface area (Å²) in [5.41, 5.74) is 2.85. The Morgan fingerprint density at radius 3 is 2.53 bits per heavy atom. The van der Waals surface area contributed by atoms with Gasteiger partial charge in [0.25, 0.3) is 0 Å². The average molecular weight is 309 g/mol. The summed E-state index contributed by atoms with van der Waals surface area (Å²) in [6.07, 6.45) is 0. The molecule has 2 rings (SSSR count). The van der Waals surface area contributed by atoms with Crippen LogP contribution in [0.4, 0.5) is 0 Å². The minimum absolute atomic E-state index is 0.124. The molecule has 0 unspecified atom stereocenters. The molecule has 1 nitrogen and oxygen atoms in total. The van der Waals surface area contributed by atoms with Gasteiger partial charge >= 0.3 is 0 Å². The van der Waals surface area contributed by atoms with Crippen molar-refractivity contribution in [2.75, 3.05) is 0 Å². The monoisotopic (exact) mass is 308 g/mol. The number of hydrogen-bond donors (Lipinski definition) is 0. The first-order chi connectivity index (χ1) is 8.00. The number of thiophene rings is 1. The second kappa shape index (κ2) is 4.75. The first kappa shape index (κ1) is 12.5. The lowest BCUT2D eigenvalue weighted by molar-refractivity contribution is 0.104. The topological polar surface area (TPSA) is 17.1 Å². The van der Waals surface area contributed by atoms with Gasteiger partial charge in [0, 0.05) is 14.9 Å². The quantitative estimate of drug-likeness (QED) is 0.737. The van der Waals surface area contributed by atoms with Crippen molar-refractivity contribution in [3.8, 4) is 0 Å². The second-order valence-electron chi connectivity index (χ2n) is 4.11. The Bertz CT molecular complexity index is 584. The summed E-state index contributed by atoms with van der Waals surface area (Å²) in [6.45, 7) is 5.99. The Kier molecular flexibility index (Phi) is 3.50. The minimum Gasteiger partial charge on any atom is -0.288 e. The second-order valence-corrected chi connectivity index (χ2v) is 6.22. The smallest absolute Gasteiger partial charge is 0.203 e. The zero-order chi connectivity index (χ0) is 12.6. The number of hydrogen-bond acceptors (Lipinski definition) is 2. The fraction of sp³-hybridized carbons (Fsp3) is 0.214. The first-order valence-corrected chi connectivity index (χ1v) is 6.98. The molecule has 1 heterocycles. The van der Waals surface area contributed by atoms with Crippen LogP contribution in [0.2, 0.25) is 0 Å². The Balaban J connectivity index is 2.51. The molecule has 0 aliphatic rings. The van der Waals surface area contributed by atoms with Gasteiger partial charge < -0.3 is 0 Å². The number of carbonyl (C=O) groups is 1. The zero-order valence-electron chi connectivity index (χ0n) is 10.0. The van der Waals surface area contributed by atoms with Crippen molar-refractivity contribution in [1.82, 2.24) is 0 Å². The molecule has 0 atom stereocenters. The van der Waals surface area contributed by atoms with Crippen molar-refractivity contribution < 1.29 is 4.79 Å². The highest BCUT2D eigenvalue weighted by Crippen LogP contribution is 2.27. The fourth-order valence-electron chi connectivity index (χ4n) is 1.84. The SMILES string of the molecule is Cc1cc(C)c(C(=O)c2cccc(Br)c2C)s1. The molecule has 0 aliphatic carbocycles. The molecular weight excluding hydrogens is 296 g/mol. The molecule has 0 spiro atoms. The average Bonchev–Trinajstić information content (AvgIpc) is 2.61.